The largest absolute Gasteiger partial charge is 0.493 e. The van der Waals surface area contributed by atoms with E-state index in [-0.39, 0.29) is 5.97 Å². The van der Waals surface area contributed by atoms with Crippen LogP contribution in [0.2, 0.25) is 0 Å². The lowest BCUT2D eigenvalue weighted by atomic mass is 10.0. The Kier molecular flexibility index (Phi) is 11.5. The van der Waals surface area contributed by atoms with Crippen molar-refractivity contribution in [2.75, 3.05) is 13.2 Å². The highest BCUT2D eigenvalue weighted by Gasteiger charge is 2.10. The van der Waals surface area contributed by atoms with Crippen LogP contribution >= 0.6 is 0 Å². The summed E-state index contributed by atoms with van der Waals surface area (Å²) < 4.78 is 17.1. The molecule has 3 rings (SSSR count). The summed E-state index contributed by atoms with van der Waals surface area (Å²) in [5, 5.41) is 1.11. The molecule has 0 saturated carbocycles. The molecule has 0 unspecified atom stereocenters. The maximum Gasteiger partial charge on any atom is 0.330 e. The predicted molar refractivity (Wildman–Crippen MR) is 144 cm³/mol. The van der Waals surface area contributed by atoms with Crippen LogP contribution in [0.5, 0.6) is 5.75 Å². The van der Waals surface area contributed by atoms with Crippen molar-refractivity contribution < 1.29 is 18.7 Å². The van der Waals surface area contributed by atoms with E-state index in [0.29, 0.717) is 6.61 Å². The molecule has 0 aliphatic carbocycles. The smallest absolute Gasteiger partial charge is 0.330 e. The Morgan fingerprint density at radius 2 is 1.51 bits per heavy atom. The van der Waals surface area contributed by atoms with E-state index in [1.54, 1.807) is 0 Å². The standard InChI is InChI=1S/C31H40O4/c1-3-25-17-13-14-18-28(25)30-23-26-19-20-27(24-29(26)35-30)33-21-15-11-9-7-5-6-8-10-12-16-22-34-31(32)4-2/h4,13-14,17-20,23-24H,2-3,5-12,15-16,21-22H2,1H3. The van der Waals surface area contributed by atoms with Crippen LogP contribution in [0.1, 0.15) is 76.7 Å². The minimum atomic E-state index is -0.322. The molecule has 2 aromatic carbocycles. The maximum absolute atomic E-state index is 10.9. The van der Waals surface area contributed by atoms with E-state index in [1.165, 1.54) is 62.1 Å². The van der Waals surface area contributed by atoms with Crippen LogP contribution in [0.25, 0.3) is 22.3 Å². The van der Waals surface area contributed by atoms with Gasteiger partial charge in [-0.3, -0.25) is 0 Å². The van der Waals surface area contributed by atoms with Crippen LogP contribution < -0.4 is 4.74 Å². The Morgan fingerprint density at radius 3 is 2.20 bits per heavy atom. The van der Waals surface area contributed by atoms with E-state index in [2.05, 4.69) is 49.9 Å². The molecular weight excluding hydrogens is 436 g/mol. The molecule has 0 bridgehead atoms. The van der Waals surface area contributed by atoms with Gasteiger partial charge in [0, 0.05) is 23.1 Å². The predicted octanol–water partition coefficient (Wildman–Crippen LogP) is 8.67. The van der Waals surface area contributed by atoms with Crippen LogP contribution in [0.3, 0.4) is 0 Å². The van der Waals surface area contributed by atoms with E-state index in [0.717, 1.165) is 54.8 Å². The van der Waals surface area contributed by atoms with Gasteiger partial charge in [0.2, 0.25) is 0 Å². The average Bonchev–Trinajstić information content (AvgIpc) is 3.32. The number of furan rings is 1. The molecule has 1 aromatic heterocycles. The molecule has 0 aliphatic rings. The van der Waals surface area contributed by atoms with Crippen molar-refractivity contribution in [3.63, 3.8) is 0 Å². The Labute approximate surface area is 210 Å². The summed E-state index contributed by atoms with van der Waals surface area (Å²) in [6, 6.07) is 16.7. The first-order valence-corrected chi connectivity index (χ1v) is 13.2. The number of ether oxygens (including phenoxy) is 2. The molecule has 4 heteroatoms. The molecule has 0 atom stereocenters. The number of unbranched alkanes of at least 4 members (excludes halogenated alkanes) is 9. The van der Waals surface area contributed by atoms with Crippen molar-refractivity contribution in [3.8, 4) is 17.1 Å². The zero-order valence-corrected chi connectivity index (χ0v) is 21.2. The minimum Gasteiger partial charge on any atom is -0.493 e. The summed E-state index contributed by atoms with van der Waals surface area (Å²) in [4.78, 5) is 10.9. The van der Waals surface area contributed by atoms with Crippen LogP contribution in [0.15, 0.2) is 65.6 Å². The number of carbonyl (C=O) groups is 1. The van der Waals surface area contributed by atoms with Crippen molar-refractivity contribution in [3.05, 3.63) is 66.7 Å². The molecule has 4 nitrogen and oxygen atoms in total. The molecule has 188 valence electrons. The van der Waals surface area contributed by atoms with Crippen LogP contribution in [0.4, 0.5) is 0 Å². The highest BCUT2D eigenvalue weighted by atomic mass is 16.5. The van der Waals surface area contributed by atoms with Gasteiger partial charge in [-0.2, -0.15) is 0 Å². The van der Waals surface area contributed by atoms with E-state index in [1.807, 2.05) is 12.1 Å². The molecule has 0 saturated heterocycles. The lowest BCUT2D eigenvalue weighted by molar-refractivity contribution is -0.137. The van der Waals surface area contributed by atoms with E-state index in [9.17, 15) is 4.79 Å². The fraction of sp³-hybridized carbons (Fsp3) is 0.452. The summed E-state index contributed by atoms with van der Waals surface area (Å²) in [5.41, 5.74) is 3.34. The number of aryl methyl sites for hydroxylation is 1. The van der Waals surface area contributed by atoms with Gasteiger partial charge >= 0.3 is 5.97 Å². The third-order valence-electron chi connectivity index (χ3n) is 6.37. The third-order valence-corrected chi connectivity index (χ3v) is 6.37. The van der Waals surface area contributed by atoms with Gasteiger partial charge < -0.3 is 13.9 Å². The normalized spacial score (nSPS) is 11.0. The van der Waals surface area contributed by atoms with Gasteiger partial charge in [0.1, 0.15) is 17.1 Å². The van der Waals surface area contributed by atoms with Crippen LogP contribution in [-0.2, 0) is 16.0 Å². The SMILES string of the molecule is C=CC(=O)OCCCCCCCCCCCCOc1ccc2cc(-c3ccccc3CC)oc2c1. The van der Waals surface area contributed by atoms with Crippen molar-refractivity contribution in [2.24, 2.45) is 0 Å². The maximum atomic E-state index is 10.9. The lowest BCUT2D eigenvalue weighted by Gasteiger charge is -2.06. The van der Waals surface area contributed by atoms with Crippen LogP contribution in [-0.4, -0.2) is 19.2 Å². The molecule has 0 amide bonds. The van der Waals surface area contributed by atoms with Gasteiger partial charge in [0.25, 0.3) is 0 Å². The van der Waals surface area contributed by atoms with E-state index >= 15 is 0 Å². The summed E-state index contributed by atoms with van der Waals surface area (Å²) in [6.07, 6.45) is 14.2. The van der Waals surface area contributed by atoms with Gasteiger partial charge in [-0.25, -0.2) is 4.79 Å². The first-order chi connectivity index (χ1) is 17.2. The molecule has 1 heterocycles. The Bertz CT molecular complexity index is 1050. The first-order valence-electron chi connectivity index (χ1n) is 13.2. The number of benzene rings is 2. The summed E-state index contributed by atoms with van der Waals surface area (Å²) in [7, 11) is 0. The molecule has 0 fully saturated rings. The van der Waals surface area contributed by atoms with Gasteiger partial charge in [0.05, 0.1) is 13.2 Å². The minimum absolute atomic E-state index is 0.322. The number of esters is 1. The topological polar surface area (TPSA) is 48.7 Å². The summed E-state index contributed by atoms with van der Waals surface area (Å²) in [6.45, 7) is 6.82. The van der Waals surface area contributed by atoms with Gasteiger partial charge in [-0.05, 0) is 43.0 Å². The molecule has 0 spiro atoms. The third kappa shape index (κ3) is 8.93. The summed E-state index contributed by atoms with van der Waals surface area (Å²) in [5.74, 6) is 1.47. The zero-order chi connectivity index (χ0) is 24.7. The second-order valence-electron chi connectivity index (χ2n) is 9.08. The zero-order valence-electron chi connectivity index (χ0n) is 21.2. The Morgan fingerprint density at radius 1 is 0.857 bits per heavy atom. The van der Waals surface area contributed by atoms with Gasteiger partial charge in [-0.15, -0.1) is 0 Å². The monoisotopic (exact) mass is 476 g/mol. The second kappa shape index (κ2) is 15.1. The quantitative estimate of drug-likeness (QED) is 0.111. The van der Waals surface area contributed by atoms with E-state index < -0.39 is 0 Å². The average molecular weight is 477 g/mol. The molecule has 3 aromatic rings. The number of hydrogen-bond acceptors (Lipinski definition) is 4. The van der Waals surface area contributed by atoms with Crippen LogP contribution in [0, 0.1) is 0 Å². The molecule has 0 radical (unpaired) electrons. The van der Waals surface area contributed by atoms with E-state index in [4.69, 9.17) is 13.9 Å². The first kappa shape index (κ1) is 26.6. The second-order valence-corrected chi connectivity index (χ2v) is 9.08. The summed E-state index contributed by atoms with van der Waals surface area (Å²) >= 11 is 0. The fourth-order valence-corrected chi connectivity index (χ4v) is 4.34. The number of carbonyl (C=O) groups excluding carboxylic acids is 1. The van der Waals surface area contributed by atoms with Crippen molar-refractivity contribution in [1.82, 2.24) is 0 Å². The van der Waals surface area contributed by atoms with Gasteiger partial charge in [0.15, 0.2) is 0 Å². The molecule has 35 heavy (non-hydrogen) atoms. The Hall–Kier alpha value is -3.01. The van der Waals surface area contributed by atoms with Gasteiger partial charge in [-0.1, -0.05) is 89.1 Å². The molecule has 0 aliphatic heterocycles. The lowest BCUT2D eigenvalue weighted by Crippen LogP contribution is -2.01. The molecule has 0 N–H and O–H groups in total. The van der Waals surface area contributed by atoms with Crippen molar-refractivity contribution in [1.29, 1.82) is 0 Å². The highest BCUT2D eigenvalue weighted by molar-refractivity contribution is 5.84. The van der Waals surface area contributed by atoms with Crippen molar-refractivity contribution in [2.45, 2.75) is 77.6 Å². The van der Waals surface area contributed by atoms with Crippen molar-refractivity contribution >= 4 is 16.9 Å². The number of fused-ring (bicyclic) bond motifs is 1. The Balaban J connectivity index is 1.25. The highest BCUT2D eigenvalue weighted by Crippen LogP contribution is 2.32. The fourth-order valence-electron chi connectivity index (χ4n) is 4.34. The molecular formula is C31H40O4. The number of hydrogen-bond donors (Lipinski definition) is 0. The number of rotatable bonds is 17.